The summed E-state index contributed by atoms with van der Waals surface area (Å²) in [6, 6.07) is -0.391. The summed E-state index contributed by atoms with van der Waals surface area (Å²) in [4.78, 5) is 28.0. The van der Waals surface area contributed by atoms with E-state index >= 15 is 0 Å². The number of carbonyl (C=O) groups excluding carboxylic acids is 2. The third-order valence-electron chi connectivity index (χ3n) is 2.48. The molecule has 1 spiro atoms. The number of hydrogen-bond donors (Lipinski definition) is 1. The standard InChI is InChI=1S/C8H5N3O2/c12-6-8-4-9-3-5(8)1-2-11(8)7(13)10-6/h1-4H,(H,10,12,13). The molecule has 5 heteroatoms. The van der Waals surface area contributed by atoms with E-state index in [9.17, 15) is 9.59 Å². The smallest absolute Gasteiger partial charge is 0.276 e. The van der Waals surface area contributed by atoms with Crippen molar-refractivity contribution in [1.29, 1.82) is 0 Å². The lowest BCUT2D eigenvalue weighted by atomic mass is 9.95. The van der Waals surface area contributed by atoms with E-state index in [2.05, 4.69) is 10.3 Å². The largest absolute Gasteiger partial charge is 0.329 e. The van der Waals surface area contributed by atoms with Crippen molar-refractivity contribution in [2.24, 2.45) is 4.99 Å². The molecule has 13 heavy (non-hydrogen) atoms. The van der Waals surface area contributed by atoms with Crippen LogP contribution in [0, 0.1) is 0 Å². The summed E-state index contributed by atoms with van der Waals surface area (Å²) >= 11 is 0. The number of rotatable bonds is 0. The van der Waals surface area contributed by atoms with Crippen LogP contribution in [0.15, 0.2) is 29.0 Å². The Morgan fingerprint density at radius 2 is 2.31 bits per heavy atom. The van der Waals surface area contributed by atoms with Gasteiger partial charge in [0.25, 0.3) is 5.91 Å². The lowest BCUT2D eigenvalue weighted by molar-refractivity contribution is -0.121. The summed E-state index contributed by atoms with van der Waals surface area (Å²) in [5, 5.41) is 2.25. The summed E-state index contributed by atoms with van der Waals surface area (Å²) in [5.41, 5.74) is -0.215. The fourth-order valence-electron chi connectivity index (χ4n) is 1.82. The van der Waals surface area contributed by atoms with Gasteiger partial charge in [-0.2, -0.15) is 0 Å². The van der Waals surface area contributed by atoms with Crippen molar-refractivity contribution >= 4 is 18.2 Å². The maximum atomic E-state index is 11.5. The molecule has 0 saturated carbocycles. The van der Waals surface area contributed by atoms with Gasteiger partial charge in [-0.15, -0.1) is 0 Å². The maximum Gasteiger partial charge on any atom is 0.329 e. The molecule has 0 aromatic carbocycles. The van der Waals surface area contributed by atoms with Gasteiger partial charge in [0.1, 0.15) is 0 Å². The Kier molecular flexibility index (Phi) is 0.866. The first-order chi connectivity index (χ1) is 6.25. The molecule has 1 atom stereocenters. The minimum absolute atomic E-state index is 0.324. The lowest BCUT2D eigenvalue weighted by Crippen LogP contribution is -2.45. The van der Waals surface area contributed by atoms with Crippen molar-refractivity contribution in [3.05, 3.63) is 24.0 Å². The average Bonchev–Trinajstić information content (AvgIpc) is 2.63. The Balaban J connectivity index is 2.27. The highest BCUT2D eigenvalue weighted by atomic mass is 16.2. The Hall–Kier alpha value is -1.91. The van der Waals surface area contributed by atoms with Crippen LogP contribution in [-0.4, -0.2) is 28.6 Å². The lowest BCUT2D eigenvalue weighted by Gasteiger charge is -2.21. The van der Waals surface area contributed by atoms with Crippen LogP contribution in [0.2, 0.25) is 0 Å². The Morgan fingerprint density at radius 3 is 3.15 bits per heavy atom. The summed E-state index contributed by atoms with van der Waals surface area (Å²) in [7, 11) is 0. The molecule has 1 N–H and O–H groups in total. The molecule has 3 rings (SSSR count). The normalized spacial score (nSPS) is 33.5. The minimum atomic E-state index is -0.961. The van der Waals surface area contributed by atoms with Crippen molar-refractivity contribution in [3.8, 4) is 0 Å². The molecular formula is C8H5N3O2. The van der Waals surface area contributed by atoms with E-state index < -0.39 is 11.6 Å². The maximum absolute atomic E-state index is 11.5. The summed E-state index contributed by atoms with van der Waals surface area (Å²) in [6.45, 7) is 0. The van der Waals surface area contributed by atoms with E-state index in [1.165, 1.54) is 11.1 Å². The van der Waals surface area contributed by atoms with Gasteiger partial charge in [-0.25, -0.2) is 4.79 Å². The highest BCUT2D eigenvalue weighted by molar-refractivity contribution is 6.21. The second kappa shape index (κ2) is 1.71. The monoisotopic (exact) mass is 175 g/mol. The first kappa shape index (κ1) is 6.59. The molecule has 0 radical (unpaired) electrons. The van der Waals surface area contributed by atoms with E-state index in [0.29, 0.717) is 0 Å². The Labute approximate surface area is 73.4 Å². The van der Waals surface area contributed by atoms with Crippen molar-refractivity contribution < 1.29 is 9.59 Å². The fourth-order valence-corrected chi connectivity index (χ4v) is 1.82. The second-order valence-electron chi connectivity index (χ2n) is 3.07. The molecule has 1 fully saturated rings. The van der Waals surface area contributed by atoms with E-state index in [-0.39, 0.29) is 5.91 Å². The Bertz CT molecular complexity index is 421. The van der Waals surface area contributed by atoms with Crippen LogP contribution in [0.1, 0.15) is 0 Å². The van der Waals surface area contributed by atoms with Crippen molar-refractivity contribution in [2.45, 2.75) is 5.54 Å². The molecular weight excluding hydrogens is 170 g/mol. The first-order valence-electron chi connectivity index (χ1n) is 3.83. The number of aliphatic imine (C=N–C) groups is 1. The molecule has 1 unspecified atom stereocenters. The summed E-state index contributed by atoms with van der Waals surface area (Å²) in [6.07, 6.45) is 6.40. The summed E-state index contributed by atoms with van der Waals surface area (Å²) < 4.78 is 0. The minimum Gasteiger partial charge on any atom is -0.276 e. The van der Waals surface area contributed by atoms with Gasteiger partial charge in [0.05, 0.1) is 0 Å². The zero-order valence-corrected chi connectivity index (χ0v) is 6.52. The van der Waals surface area contributed by atoms with Crippen molar-refractivity contribution in [3.63, 3.8) is 0 Å². The Morgan fingerprint density at radius 1 is 1.46 bits per heavy atom. The van der Waals surface area contributed by atoms with Crippen LogP contribution in [0.25, 0.3) is 0 Å². The van der Waals surface area contributed by atoms with Crippen LogP contribution in [0.4, 0.5) is 4.79 Å². The predicted octanol–water partition coefficient (Wildman–Crippen LogP) is -0.227. The van der Waals surface area contributed by atoms with Gasteiger partial charge in [0.2, 0.25) is 0 Å². The number of imide groups is 1. The van der Waals surface area contributed by atoms with Crippen LogP contribution < -0.4 is 5.32 Å². The molecule has 64 valence electrons. The molecule has 0 bridgehead atoms. The number of carbonyl (C=O) groups is 2. The molecule has 0 aliphatic carbocycles. The van der Waals surface area contributed by atoms with Gasteiger partial charge >= 0.3 is 6.03 Å². The first-order valence-corrected chi connectivity index (χ1v) is 3.83. The molecule has 1 saturated heterocycles. The molecule has 5 nitrogen and oxygen atoms in total. The zero-order chi connectivity index (χ0) is 9.05. The second-order valence-corrected chi connectivity index (χ2v) is 3.07. The number of hydrogen-bond acceptors (Lipinski definition) is 3. The van der Waals surface area contributed by atoms with Crippen LogP contribution >= 0.6 is 0 Å². The van der Waals surface area contributed by atoms with Gasteiger partial charge in [-0.1, -0.05) is 0 Å². The quantitative estimate of drug-likeness (QED) is 0.517. The van der Waals surface area contributed by atoms with Gasteiger partial charge in [0.15, 0.2) is 5.54 Å². The topological polar surface area (TPSA) is 61.8 Å². The molecule has 3 aliphatic heterocycles. The fraction of sp³-hybridized carbons (Fsp3) is 0.125. The highest BCUT2D eigenvalue weighted by Gasteiger charge is 2.57. The van der Waals surface area contributed by atoms with E-state index in [1.807, 2.05) is 0 Å². The SMILES string of the molecule is O=C1NC(=O)C23C=NC=C2C=CN13. The molecule has 3 aliphatic rings. The van der Waals surface area contributed by atoms with Crippen molar-refractivity contribution in [1.82, 2.24) is 10.2 Å². The average molecular weight is 175 g/mol. The van der Waals surface area contributed by atoms with Crippen LogP contribution in [-0.2, 0) is 4.79 Å². The predicted molar refractivity (Wildman–Crippen MR) is 43.8 cm³/mol. The van der Waals surface area contributed by atoms with Crippen LogP contribution in [0.3, 0.4) is 0 Å². The number of nitrogens with zero attached hydrogens (tertiary/aromatic N) is 2. The third-order valence-corrected chi connectivity index (χ3v) is 2.48. The summed E-state index contributed by atoms with van der Waals surface area (Å²) in [5.74, 6) is -0.324. The molecule has 3 amide bonds. The van der Waals surface area contributed by atoms with Gasteiger partial charge < -0.3 is 0 Å². The van der Waals surface area contributed by atoms with E-state index in [1.54, 1.807) is 18.5 Å². The zero-order valence-electron chi connectivity index (χ0n) is 6.52. The van der Waals surface area contributed by atoms with Gasteiger partial charge in [0, 0.05) is 24.2 Å². The number of nitrogens with one attached hydrogen (secondary N) is 1. The van der Waals surface area contributed by atoms with E-state index in [0.717, 1.165) is 5.57 Å². The number of amides is 3. The van der Waals surface area contributed by atoms with Gasteiger partial charge in [-0.3, -0.25) is 20.0 Å². The molecule has 3 heterocycles. The van der Waals surface area contributed by atoms with Crippen molar-refractivity contribution in [2.75, 3.05) is 0 Å². The van der Waals surface area contributed by atoms with E-state index in [4.69, 9.17) is 0 Å². The highest BCUT2D eigenvalue weighted by Crippen LogP contribution is 2.37. The van der Waals surface area contributed by atoms with Gasteiger partial charge in [-0.05, 0) is 6.08 Å². The van der Waals surface area contributed by atoms with Crippen LogP contribution in [0.5, 0.6) is 0 Å². The molecule has 0 aromatic heterocycles. The third kappa shape index (κ3) is 0.507. The molecule has 0 aromatic rings. The number of urea groups is 1.